The van der Waals surface area contributed by atoms with Gasteiger partial charge in [-0.3, -0.25) is 4.90 Å². The molecule has 1 aliphatic heterocycles. The molecule has 0 aliphatic carbocycles. The van der Waals surface area contributed by atoms with E-state index < -0.39 is 0 Å². The summed E-state index contributed by atoms with van der Waals surface area (Å²) in [4.78, 5) is 12.0. The summed E-state index contributed by atoms with van der Waals surface area (Å²) in [5, 5.41) is 3.34. The van der Waals surface area contributed by atoms with Crippen LogP contribution in [0.4, 0.5) is 5.82 Å². The van der Waals surface area contributed by atoms with Crippen molar-refractivity contribution < 1.29 is 0 Å². The molecule has 1 N–H and O–H groups in total. The van der Waals surface area contributed by atoms with Crippen LogP contribution in [-0.2, 0) is 6.54 Å². The quantitative estimate of drug-likeness (QED) is 0.806. The average molecular weight is 291 g/mol. The third-order valence-electron chi connectivity index (χ3n) is 3.91. The number of rotatable bonds is 7. The van der Waals surface area contributed by atoms with Gasteiger partial charge in [-0.15, -0.1) is 0 Å². The topological polar surface area (TPSA) is 34.6 Å². The molecule has 2 rings (SSSR count). The number of anilines is 1. The number of likely N-dealkylation sites (N-methyl/N-ethyl adjacent to an activating group) is 1. The van der Waals surface area contributed by atoms with Gasteiger partial charge in [-0.1, -0.05) is 13.0 Å². The van der Waals surface area contributed by atoms with Gasteiger partial charge < -0.3 is 15.1 Å². The van der Waals surface area contributed by atoms with Crippen molar-refractivity contribution in [1.29, 1.82) is 0 Å². The van der Waals surface area contributed by atoms with Gasteiger partial charge in [-0.05, 0) is 32.8 Å². The third-order valence-corrected chi connectivity index (χ3v) is 3.91. The summed E-state index contributed by atoms with van der Waals surface area (Å²) in [6.45, 7) is 10.7. The molecule has 5 heteroatoms. The van der Waals surface area contributed by atoms with Crippen molar-refractivity contribution in [3.05, 3.63) is 23.9 Å². The first-order valence-electron chi connectivity index (χ1n) is 7.97. The fourth-order valence-electron chi connectivity index (χ4n) is 2.54. The van der Waals surface area contributed by atoms with Crippen molar-refractivity contribution in [3.8, 4) is 0 Å². The normalized spacial score (nSPS) is 16.7. The summed E-state index contributed by atoms with van der Waals surface area (Å²) < 4.78 is 0. The predicted octanol–water partition coefficient (Wildman–Crippen LogP) is 0.875. The van der Waals surface area contributed by atoms with Crippen LogP contribution < -0.4 is 10.2 Å². The molecule has 0 aromatic carbocycles. The zero-order valence-electron chi connectivity index (χ0n) is 13.7. The highest BCUT2D eigenvalue weighted by Gasteiger charge is 2.17. The van der Waals surface area contributed by atoms with Gasteiger partial charge in [-0.25, -0.2) is 4.98 Å². The second-order valence-corrected chi connectivity index (χ2v) is 5.90. The molecule has 0 amide bonds. The highest BCUT2D eigenvalue weighted by atomic mass is 15.3. The summed E-state index contributed by atoms with van der Waals surface area (Å²) in [6.07, 6.45) is 0. The number of hydrogen-bond acceptors (Lipinski definition) is 5. The zero-order valence-corrected chi connectivity index (χ0v) is 13.7. The van der Waals surface area contributed by atoms with E-state index in [0.29, 0.717) is 0 Å². The van der Waals surface area contributed by atoms with Gasteiger partial charge in [0, 0.05) is 45.8 Å². The van der Waals surface area contributed by atoms with Crippen LogP contribution in [0.3, 0.4) is 0 Å². The van der Waals surface area contributed by atoms with Crippen molar-refractivity contribution in [3.63, 3.8) is 0 Å². The third kappa shape index (κ3) is 5.26. The Labute approximate surface area is 128 Å². The molecule has 118 valence electrons. The van der Waals surface area contributed by atoms with Crippen molar-refractivity contribution in [1.82, 2.24) is 20.1 Å². The SMILES string of the molecule is CCNCc1cccc(N2CCN(CCN(C)C)CC2)n1. The van der Waals surface area contributed by atoms with Crippen LogP contribution >= 0.6 is 0 Å². The molecule has 1 fully saturated rings. The van der Waals surface area contributed by atoms with Gasteiger partial charge in [0.15, 0.2) is 0 Å². The summed E-state index contributed by atoms with van der Waals surface area (Å²) in [5.41, 5.74) is 1.13. The number of aromatic nitrogens is 1. The van der Waals surface area contributed by atoms with Crippen LogP contribution in [0.5, 0.6) is 0 Å². The molecule has 1 aromatic heterocycles. The molecule has 2 heterocycles. The van der Waals surface area contributed by atoms with E-state index >= 15 is 0 Å². The van der Waals surface area contributed by atoms with E-state index in [1.165, 1.54) is 0 Å². The maximum Gasteiger partial charge on any atom is 0.128 e. The lowest BCUT2D eigenvalue weighted by molar-refractivity contribution is 0.229. The maximum atomic E-state index is 4.77. The van der Waals surface area contributed by atoms with Crippen LogP contribution in [0.15, 0.2) is 18.2 Å². The number of piperazine rings is 1. The first kappa shape index (κ1) is 16.2. The van der Waals surface area contributed by atoms with Crippen LogP contribution in [0.1, 0.15) is 12.6 Å². The standard InChI is InChI=1S/C16H29N5/c1-4-17-14-15-6-5-7-16(18-15)21-12-10-20(11-13-21)9-8-19(2)3/h5-7,17H,4,8-14H2,1-3H3. The Bertz CT molecular complexity index is 413. The van der Waals surface area contributed by atoms with Gasteiger partial charge in [0.1, 0.15) is 5.82 Å². The Hall–Kier alpha value is -1.17. The summed E-state index contributed by atoms with van der Waals surface area (Å²) in [7, 11) is 4.27. The Morgan fingerprint density at radius 2 is 1.95 bits per heavy atom. The molecule has 5 nitrogen and oxygen atoms in total. The van der Waals surface area contributed by atoms with Gasteiger partial charge in [0.05, 0.1) is 5.69 Å². The van der Waals surface area contributed by atoms with Crippen molar-refractivity contribution >= 4 is 5.82 Å². The first-order valence-corrected chi connectivity index (χ1v) is 7.97. The second kappa shape index (κ2) is 8.32. The van der Waals surface area contributed by atoms with Gasteiger partial charge in [-0.2, -0.15) is 0 Å². The van der Waals surface area contributed by atoms with Gasteiger partial charge in [0.25, 0.3) is 0 Å². The minimum Gasteiger partial charge on any atom is -0.354 e. The largest absolute Gasteiger partial charge is 0.354 e. The molecule has 0 saturated carbocycles. The highest BCUT2D eigenvalue weighted by molar-refractivity contribution is 5.39. The minimum absolute atomic E-state index is 0.854. The molecule has 0 radical (unpaired) electrons. The lowest BCUT2D eigenvalue weighted by atomic mass is 10.2. The lowest BCUT2D eigenvalue weighted by Gasteiger charge is -2.36. The molecule has 0 atom stereocenters. The van der Waals surface area contributed by atoms with Crippen molar-refractivity contribution in [2.45, 2.75) is 13.5 Å². The summed E-state index contributed by atoms with van der Waals surface area (Å²) in [6, 6.07) is 6.35. The Morgan fingerprint density at radius 3 is 2.62 bits per heavy atom. The zero-order chi connectivity index (χ0) is 15.1. The number of pyridine rings is 1. The summed E-state index contributed by atoms with van der Waals surface area (Å²) >= 11 is 0. The van der Waals surface area contributed by atoms with E-state index in [1.54, 1.807) is 0 Å². The Kier molecular flexibility index (Phi) is 6.42. The van der Waals surface area contributed by atoms with E-state index in [0.717, 1.165) is 63.9 Å². The molecule has 0 bridgehead atoms. The van der Waals surface area contributed by atoms with E-state index in [4.69, 9.17) is 4.98 Å². The van der Waals surface area contributed by atoms with Gasteiger partial charge >= 0.3 is 0 Å². The molecular weight excluding hydrogens is 262 g/mol. The highest BCUT2D eigenvalue weighted by Crippen LogP contribution is 2.14. The van der Waals surface area contributed by atoms with Crippen molar-refractivity contribution in [2.24, 2.45) is 0 Å². The maximum absolute atomic E-state index is 4.77. The monoisotopic (exact) mass is 291 g/mol. The molecule has 0 unspecified atom stereocenters. The van der Waals surface area contributed by atoms with E-state index in [1.807, 2.05) is 0 Å². The van der Waals surface area contributed by atoms with Crippen molar-refractivity contribution in [2.75, 3.05) is 64.8 Å². The van der Waals surface area contributed by atoms with E-state index in [2.05, 4.69) is 59.2 Å². The van der Waals surface area contributed by atoms with E-state index in [9.17, 15) is 0 Å². The average Bonchev–Trinajstić information content (AvgIpc) is 2.51. The number of hydrogen-bond donors (Lipinski definition) is 1. The molecule has 1 saturated heterocycles. The van der Waals surface area contributed by atoms with Crippen LogP contribution in [0, 0.1) is 0 Å². The molecule has 1 aromatic rings. The fourth-order valence-corrected chi connectivity index (χ4v) is 2.54. The lowest BCUT2D eigenvalue weighted by Crippen LogP contribution is -2.48. The molecule has 0 spiro atoms. The van der Waals surface area contributed by atoms with E-state index in [-0.39, 0.29) is 0 Å². The Morgan fingerprint density at radius 1 is 1.19 bits per heavy atom. The first-order chi connectivity index (χ1) is 10.2. The predicted molar refractivity (Wildman–Crippen MR) is 88.8 cm³/mol. The number of nitrogens with zero attached hydrogens (tertiary/aromatic N) is 4. The van der Waals surface area contributed by atoms with Crippen LogP contribution in [0.2, 0.25) is 0 Å². The smallest absolute Gasteiger partial charge is 0.128 e. The summed E-state index contributed by atoms with van der Waals surface area (Å²) in [5.74, 6) is 1.12. The molecule has 21 heavy (non-hydrogen) atoms. The fraction of sp³-hybridized carbons (Fsp3) is 0.688. The number of nitrogens with one attached hydrogen (secondary N) is 1. The minimum atomic E-state index is 0.854. The van der Waals surface area contributed by atoms with Gasteiger partial charge in [0.2, 0.25) is 0 Å². The Balaban J connectivity index is 1.84. The van der Waals surface area contributed by atoms with Crippen LogP contribution in [-0.4, -0.2) is 74.7 Å². The molecule has 1 aliphatic rings. The second-order valence-electron chi connectivity index (χ2n) is 5.90. The van der Waals surface area contributed by atoms with Crippen LogP contribution in [0.25, 0.3) is 0 Å². The molecular formula is C16H29N5.